The molecule has 0 spiro atoms. The van der Waals surface area contributed by atoms with Crippen LogP contribution in [-0.4, -0.2) is 23.7 Å². The summed E-state index contributed by atoms with van der Waals surface area (Å²) in [5.41, 5.74) is 1.00. The molecular weight excluding hydrogens is 224 g/mol. The lowest BCUT2D eigenvalue weighted by Gasteiger charge is -2.14. The topological polar surface area (TPSA) is 34.1 Å². The molecule has 3 nitrogen and oxygen atoms in total. The SMILES string of the molecule is Cc1cc2ccccc2c(O[C@H]2CN[C@@H](C)C2)n1. The molecule has 1 fully saturated rings. The number of nitrogens with one attached hydrogen (secondary N) is 1. The molecule has 0 unspecified atom stereocenters. The van der Waals surface area contributed by atoms with Gasteiger partial charge in [0.05, 0.1) is 0 Å². The number of ether oxygens (including phenoxy) is 1. The van der Waals surface area contributed by atoms with E-state index in [4.69, 9.17) is 4.74 Å². The van der Waals surface area contributed by atoms with Gasteiger partial charge in [0.2, 0.25) is 5.88 Å². The fraction of sp³-hybridized carbons (Fsp3) is 0.400. The molecule has 1 aliphatic rings. The Hall–Kier alpha value is -1.61. The highest BCUT2D eigenvalue weighted by Gasteiger charge is 2.23. The lowest BCUT2D eigenvalue weighted by atomic mass is 10.1. The zero-order valence-corrected chi connectivity index (χ0v) is 10.8. The van der Waals surface area contributed by atoms with Crippen molar-refractivity contribution in [1.29, 1.82) is 0 Å². The van der Waals surface area contributed by atoms with E-state index in [1.54, 1.807) is 0 Å². The number of rotatable bonds is 2. The summed E-state index contributed by atoms with van der Waals surface area (Å²) >= 11 is 0. The second-order valence-corrected chi connectivity index (χ2v) is 5.07. The highest BCUT2D eigenvalue weighted by Crippen LogP contribution is 2.26. The third-order valence-corrected chi connectivity index (χ3v) is 3.42. The Morgan fingerprint density at radius 3 is 2.94 bits per heavy atom. The number of hydrogen-bond donors (Lipinski definition) is 1. The van der Waals surface area contributed by atoms with Crippen LogP contribution in [0.5, 0.6) is 5.88 Å². The molecule has 1 aromatic carbocycles. The molecule has 94 valence electrons. The minimum absolute atomic E-state index is 0.234. The van der Waals surface area contributed by atoms with Crippen LogP contribution in [0.2, 0.25) is 0 Å². The van der Waals surface area contributed by atoms with Crippen molar-refractivity contribution < 1.29 is 4.74 Å². The van der Waals surface area contributed by atoms with E-state index in [9.17, 15) is 0 Å². The Morgan fingerprint density at radius 1 is 1.33 bits per heavy atom. The molecule has 0 aliphatic carbocycles. The van der Waals surface area contributed by atoms with Crippen molar-refractivity contribution in [3.8, 4) is 5.88 Å². The van der Waals surface area contributed by atoms with Gasteiger partial charge in [0.15, 0.2) is 0 Å². The predicted molar refractivity (Wildman–Crippen MR) is 73.0 cm³/mol. The molecule has 3 rings (SSSR count). The Morgan fingerprint density at radius 2 is 2.17 bits per heavy atom. The van der Waals surface area contributed by atoms with E-state index < -0.39 is 0 Å². The molecule has 1 saturated heterocycles. The molecule has 0 amide bonds. The zero-order chi connectivity index (χ0) is 12.5. The monoisotopic (exact) mass is 242 g/mol. The number of aromatic nitrogens is 1. The molecule has 2 heterocycles. The summed E-state index contributed by atoms with van der Waals surface area (Å²) in [7, 11) is 0. The summed E-state index contributed by atoms with van der Waals surface area (Å²) in [6.07, 6.45) is 1.28. The highest BCUT2D eigenvalue weighted by molar-refractivity contribution is 5.87. The number of hydrogen-bond acceptors (Lipinski definition) is 3. The molecule has 18 heavy (non-hydrogen) atoms. The van der Waals surface area contributed by atoms with Crippen LogP contribution in [0, 0.1) is 6.92 Å². The number of fused-ring (bicyclic) bond motifs is 1. The normalized spacial score (nSPS) is 23.4. The quantitative estimate of drug-likeness (QED) is 0.879. The van der Waals surface area contributed by atoms with Crippen molar-refractivity contribution in [2.45, 2.75) is 32.4 Å². The number of aryl methyl sites for hydroxylation is 1. The van der Waals surface area contributed by atoms with Gasteiger partial charge < -0.3 is 10.1 Å². The van der Waals surface area contributed by atoms with E-state index in [0.717, 1.165) is 29.9 Å². The summed E-state index contributed by atoms with van der Waals surface area (Å²) in [6, 6.07) is 10.9. The summed E-state index contributed by atoms with van der Waals surface area (Å²) < 4.78 is 6.07. The fourth-order valence-corrected chi connectivity index (χ4v) is 2.53. The van der Waals surface area contributed by atoms with Crippen molar-refractivity contribution in [2.24, 2.45) is 0 Å². The molecule has 3 heteroatoms. The molecule has 1 aromatic heterocycles. The molecule has 0 radical (unpaired) electrons. The van der Waals surface area contributed by atoms with Crippen LogP contribution in [0.4, 0.5) is 0 Å². The van der Waals surface area contributed by atoms with Gasteiger partial charge in [-0.3, -0.25) is 0 Å². The zero-order valence-electron chi connectivity index (χ0n) is 10.8. The number of benzene rings is 1. The Labute approximate surface area is 107 Å². The molecule has 2 atom stereocenters. The summed E-state index contributed by atoms with van der Waals surface area (Å²) in [5.74, 6) is 0.770. The average molecular weight is 242 g/mol. The van der Waals surface area contributed by atoms with E-state index in [1.807, 2.05) is 19.1 Å². The summed E-state index contributed by atoms with van der Waals surface area (Å²) in [5, 5.41) is 5.69. The van der Waals surface area contributed by atoms with Gasteiger partial charge in [0.25, 0.3) is 0 Å². The Bertz CT molecular complexity index is 567. The smallest absolute Gasteiger partial charge is 0.221 e. The van der Waals surface area contributed by atoms with Gasteiger partial charge in [-0.1, -0.05) is 18.2 Å². The van der Waals surface area contributed by atoms with Crippen LogP contribution in [-0.2, 0) is 0 Å². The Balaban J connectivity index is 1.95. The van der Waals surface area contributed by atoms with E-state index >= 15 is 0 Å². The van der Waals surface area contributed by atoms with Crippen LogP contribution >= 0.6 is 0 Å². The average Bonchev–Trinajstić information content (AvgIpc) is 2.74. The molecule has 0 bridgehead atoms. The molecule has 1 N–H and O–H groups in total. The number of pyridine rings is 1. The molecular formula is C15H18N2O. The second kappa shape index (κ2) is 4.58. The van der Waals surface area contributed by atoms with Crippen molar-refractivity contribution in [3.05, 3.63) is 36.0 Å². The first kappa shape index (κ1) is 11.5. The minimum Gasteiger partial charge on any atom is -0.472 e. The number of nitrogens with zero attached hydrogens (tertiary/aromatic N) is 1. The molecule has 1 aliphatic heterocycles. The van der Waals surface area contributed by atoms with Gasteiger partial charge in [0, 0.05) is 30.1 Å². The van der Waals surface area contributed by atoms with E-state index in [0.29, 0.717) is 6.04 Å². The first-order valence-corrected chi connectivity index (χ1v) is 6.49. The predicted octanol–water partition coefficient (Wildman–Crippen LogP) is 2.67. The van der Waals surface area contributed by atoms with Gasteiger partial charge in [-0.05, 0) is 31.4 Å². The van der Waals surface area contributed by atoms with Crippen LogP contribution in [0.15, 0.2) is 30.3 Å². The largest absolute Gasteiger partial charge is 0.472 e. The maximum atomic E-state index is 6.07. The van der Waals surface area contributed by atoms with Crippen molar-refractivity contribution >= 4 is 10.8 Å². The summed E-state index contributed by atoms with van der Waals surface area (Å²) in [6.45, 7) is 5.10. The third-order valence-electron chi connectivity index (χ3n) is 3.42. The van der Waals surface area contributed by atoms with Crippen LogP contribution in [0.1, 0.15) is 19.0 Å². The molecule has 2 aromatic rings. The van der Waals surface area contributed by atoms with E-state index in [1.165, 1.54) is 5.39 Å². The van der Waals surface area contributed by atoms with Crippen LogP contribution in [0.25, 0.3) is 10.8 Å². The van der Waals surface area contributed by atoms with E-state index in [2.05, 4.69) is 35.4 Å². The van der Waals surface area contributed by atoms with Crippen molar-refractivity contribution in [1.82, 2.24) is 10.3 Å². The standard InChI is InChI=1S/C15H18N2O/c1-10-8-13(9-16-10)18-15-14-6-4-3-5-12(14)7-11(2)17-15/h3-7,10,13,16H,8-9H2,1-2H3/t10-,13+/m0/s1. The van der Waals surface area contributed by atoms with Crippen LogP contribution < -0.4 is 10.1 Å². The maximum absolute atomic E-state index is 6.07. The van der Waals surface area contributed by atoms with Crippen molar-refractivity contribution in [2.75, 3.05) is 6.54 Å². The first-order chi connectivity index (χ1) is 8.72. The van der Waals surface area contributed by atoms with Gasteiger partial charge >= 0.3 is 0 Å². The fourth-order valence-electron chi connectivity index (χ4n) is 2.53. The Kier molecular flexibility index (Phi) is 2.92. The van der Waals surface area contributed by atoms with E-state index in [-0.39, 0.29) is 6.10 Å². The van der Waals surface area contributed by atoms with Crippen molar-refractivity contribution in [3.63, 3.8) is 0 Å². The van der Waals surface area contributed by atoms with Gasteiger partial charge in [0.1, 0.15) is 6.10 Å². The lowest BCUT2D eigenvalue weighted by molar-refractivity contribution is 0.214. The van der Waals surface area contributed by atoms with Gasteiger partial charge in [-0.2, -0.15) is 0 Å². The van der Waals surface area contributed by atoms with Gasteiger partial charge in [-0.15, -0.1) is 0 Å². The minimum atomic E-state index is 0.234. The lowest BCUT2D eigenvalue weighted by Crippen LogP contribution is -2.21. The summed E-state index contributed by atoms with van der Waals surface area (Å²) in [4.78, 5) is 4.54. The molecule has 0 saturated carbocycles. The highest BCUT2D eigenvalue weighted by atomic mass is 16.5. The third kappa shape index (κ3) is 2.18. The first-order valence-electron chi connectivity index (χ1n) is 6.49. The van der Waals surface area contributed by atoms with Gasteiger partial charge in [-0.25, -0.2) is 4.98 Å². The maximum Gasteiger partial charge on any atom is 0.221 e. The second-order valence-electron chi connectivity index (χ2n) is 5.07. The van der Waals surface area contributed by atoms with Crippen LogP contribution in [0.3, 0.4) is 0 Å².